The Morgan fingerprint density at radius 1 is 1.28 bits per heavy atom. The van der Waals surface area contributed by atoms with Gasteiger partial charge in [0.25, 0.3) is 5.91 Å². The van der Waals surface area contributed by atoms with Gasteiger partial charge in [0.15, 0.2) is 6.61 Å². The molecule has 10 nitrogen and oxygen atoms in total. The second kappa shape index (κ2) is 10.1. The fraction of sp³-hybridized carbons (Fsp3) is 0.368. The largest absolute Gasteiger partial charge is 0.548 e. The molecule has 0 aliphatic rings. The smallest absolute Gasteiger partial charge is 0.336 e. The first kappa shape index (κ1) is 21.7. The van der Waals surface area contributed by atoms with E-state index < -0.39 is 36.2 Å². The fourth-order valence-electron chi connectivity index (χ4n) is 2.74. The molecule has 0 aliphatic heterocycles. The monoisotopic (exact) mass is 404 g/mol. The summed E-state index contributed by atoms with van der Waals surface area (Å²) in [6, 6.07) is 4.32. The molecular formula is C19H22N3O7-. The van der Waals surface area contributed by atoms with Crippen LogP contribution < -0.4 is 31.8 Å². The number of ether oxygens (including phenoxy) is 1. The number of nitrogens with two attached hydrogens (primary N) is 1. The average Bonchev–Trinajstić information content (AvgIpc) is 2.67. The zero-order valence-electron chi connectivity index (χ0n) is 15.9. The van der Waals surface area contributed by atoms with Crippen LogP contribution in [0.15, 0.2) is 33.5 Å². The maximum absolute atomic E-state index is 12.0. The summed E-state index contributed by atoms with van der Waals surface area (Å²) in [6.45, 7) is 1.65. The summed E-state index contributed by atoms with van der Waals surface area (Å²) in [4.78, 5) is 45.3. The number of fused-ring (bicyclic) bond motifs is 1. The number of aliphatic carboxylic acids is 1. The lowest BCUT2D eigenvalue weighted by Crippen LogP contribution is -2.49. The van der Waals surface area contributed by atoms with Gasteiger partial charge < -0.3 is 35.4 Å². The van der Waals surface area contributed by atoms with Gasteiger partial charge in [-0.05, 0) is 37.0 Å². The van der Waals surface area contributed by atoms with Crippen molar-refractivity contribution in [1.29, 1.82) is 0 Å². The van der Waals surface area contributed by atoms with E-state index in [0.717, 1.165) is 10.9 Å². The molecule has 0 aliphatic carbocycles. The Balaban J connectivity index is 1.94. The molecule has 10 heteroatoms. The zero-order chi connectivity index (χ0) is 21.4. The van der Waals surface area contributed by atoms with E-state index in [-0.39, 0.29) is 19.4 Å². The number of benzene rings is 1. The number of amides is 3. The van der Waals surface area contributed by atoms with Crippen LogP contribution in [0.25, 0.3) is 11.0 Å². The molecule has 1 heterocycles. The van der Waals surface area contributed by atoms with E-state index in [2.05, 4.69) is 10.6 Å². The van der Waals surface area contributed by atoms with E-state index in [1.807, 2.05) is 6.92 Å². The van der Waals surface area contributed by atoms with Crippen LogP contribution in [0.3, 0.4) is 0 Å². The highest BCUT2D eigenvalue weighted by atomic mass is 16.5. The summed E-state index contributed by atoms with van der Waals surface area (Å²) in [6.07, 6.45) is 0.992. The number of hydrogen-bond acceptors (Lipinski definition) is 7. The van der Waals surface area contributed by atoms with E-state index in [1.165, 1.54) is 12.1 Å². The van der Waals surface area contributed by atoms with Crippen molar-refractivity contribution in [2.45, 2.75) is 32.2 Å². The molecule has 4 N–H and O–H groups in total. The topological polar surface area (TPSA) is 164 Å². The van der Waals surface area contributed by atoms with Crippen LogP contribution in [0.4, 0.5) is 4.79 Å². The lowest BCUT2D eigenvalue weighted by molar-refractivity contribution is -0.308. The van der Waals surface area contributed by atoms with Gasteiger partial charge in [-0.15, -0.1) is 0 Å². The normalized spacial score (nSPS) is 11.6. The van der Waals surface area contributed by atoms with E-state index in [9.17, 15) is 24.3 Å². The van der Waals surface area contributed by atoms with Crippen molar-refractivity contribution in [2.75, 3.05) is 13.2 Å². The molecule has 1 aromatic carbocycles. The number of carbonyl (C=O) groups excluding carboxylic acids is 3. The van der Waals surface area contributed by atoms with Crippen molar-refractivity contribution in [1.82, 2.24) is 10.6 Å². The predicted molar refractivity (Wildman–Crippen MR) is 101 cm³/mol. The molecule has 0 unspecified atom stereocenters. The Morgan fingerprint density at radius 2 is 2.03 bits per heavy atom. The van der Waals surface area contributed by atoms with Crippen LogP contribution in [0.2, 0.25) is 0 Å². The maximum atomic E-state index is 12.0. The van der Waals surface area contributed by atoms with Crippen molar-refractivity contribution in [2.24, 2.45) is 5.73 Å². The summed E-state index contributed by atoms with van der Waals surface area (Å²) in [7, 11) is 0. The highest BCUT2D eigenvalue weighted by Gasteiger charge is 2.14. The number of carboxylic acid groups (broad SMARTS) is 1. The molecule has 29 heavy (non-hydrogen) atoms. The summed E-state index contributed by atoms with van der Waals surface area (Å²) in [5.74, 6) is -1.82. The van der Waals surface area contributed by atoms with E-state index in [0.29, 0.717) is 17.8 Å². The molecule has 0 radical (unpaired) electrons. The summed E-state index contributed by atoms with van der Waals surface area (Å²) in [5, 5.41) is 16.5. The predicted octanol–water partition coefficient (Wildman–Crippen LogP) is -0.583. The van der Waals surface area contributed by atoms with Crippen LogP contribution in [0, 0.1) is 0 Å². The third-order valence-corrected chi connectivity index (χ3v) is 4.14. The number of nitrogens with one attached hydrogen (secondary N) is 2. The van der Waals surface area contributed by atoms with Gasteiger partial charge in [0.2, 0.25) is 0 Å². The number of rotatable bonds is 10. The lowest BCUT2D eigenvalue weighted by Gasteiger charge is -2.19. The minimum Gasteiger partial charge on any atom is -0.548 e. The first-order chi connectivity index (χ1) is 13.8. The van der Waals surface area contributed by atoms with Crippen molar-refractivity contribution >= 4 is 28.9 Å². The van der Waals surface area contributed by atoms with Crippen molar-refractivity contribution in [3.05, 3.63) is 40.2 Å². The molecule has 2 rings (SSSR count). The molecule has 0 saturated heterocycles. The minimum absolute atomic E-state index is 0.0509. The van der Waals surface area contributed by atoms with Crippen molar-refractivity contribution in [3.63, 3.8) is 0 Å². The molecule has 0 bridgehead atoms. The summed E-state index contributed by atoms with van der Waals surface area (Å²) >= 11 is 0. The van der Waals surface area contributed by atoms with Gasteiger partial charge in [-0.1, -0.05) is 6.92 Å². The zero-order valence-corrected chi connectivity index (χ0v) is 15.9. The number of hydrogen-bond donors (Lipinski definition) is 3. The van der Waals surface area contributed by atoms with Crippen LogP contribution in [0.1, 0.15) is 25.3 Å². The molecule has 156 valence electrons. The maximum Gasteiger partial charge on any atom is 0.336 e. The standard InChI is InChI=1S/C19H23N3O7/c1-2-11-8-17(24)29-15-9-12(5-6-13(11)15)28-10-16(23)22-14(18(25)26)4-3-7-21-19(20)27/h5-6,8-9,14H,2-4,7,10H2,1H3,(H,22,23)(H,25,26)(H3,20,21,27)/p-1/t14-/m0/s1. The number of primary amides is 1. The number of carboxylic acids is 1. The molecular weight excluding hydrogens is 382 g/mol. The van der Waals surface area contributed by atoms with Gasteiger partial charge in [-0.3, -0.25) is 4.79 Å². The fourth-order valence-corrected chi connectivity index (χ4v) is 2.74. The van der Waals surface area contributed by atoms with Gasteiger partial charge in [-0.2, -0.15) is 0 Å². The summed E-state index contributed by atoms with van der Waals surface area (Å²) in [5.41, 5.74) is 5.61. The minimum atomic E-state index is -1.45. The van der Waals surface area contributed by atoms with E-state index >= 15 is 0 Å². The first-order valence-corrected chi connectivity index (χ1v) is 9.03. The second-order valence-corrected chi connectivity index (χ2v) is 6.26. The Labute approximate surface area is 166 Å². The van der Waals surface area contributed by atoms with Gasteiger partial charge >= 0.3 is 11.7 Å². The van der Waals surface area contributed by atoms with Crippen LogP contribution in [-0.2, 0) is 16.0 Å². The number of carbonyl (C=O) groups is 3. The van der Waals surface area contributed by atoms with E-state index in [1.54, 1.807) is 12.1 Å². The van der Waals surface area contributed by atoms with Crippen LogP contribution in [-0.4, -0.2) is 37.1 Å². The van der Waals surface area contributed by atoms with Gasteiger partial charge in [0, 0.05) is 24.1 Å². The Bertz CT molecular complexity index is 954. The SMILES string of the molecule is CCc1cc(=O)oc2cc(OCC(=O)N[C@@H](CCCNC(N)=O)C(=O)[O-])ccc12. The number of urea groups is 1. The van der Waals surface area contributed by atoms with Gasteiger partial charge in [-0.25, -0.2) is 9.59 Å². The molecule has 1 aromatic heterocycles. The van der Waals surface area contributed by atoms with Crippen LogP contribution in [0.5, 0.6) is 5.75 Å². The highest BCUT2D eigenvalue weighted by molar-refractivity contribution is 5.84. The highest BCUT2D eigenvalue weighted by Crippen LogP contribution is 2.23. The van der Waals surface area contributed by atoms with Crippen molar-refractivity contribution < 1.29 is 28.6 Å². The van der Waals surface area contributed by atoms with Crippen molar-refractivity contribution in [3.8, 4) is 5.75 Å². The Kier molecular flexibility index (Phi) is 7.58. The molecule has 3 amide bonds. The lowest BCUT2D eigenvalue weighted by atomic mass is 10.1. The third-order valence-electron chi connectivity index (χ3n) is 4.14. The molecule has 0 fully saturated rings. The summed E-state index contributed by atoms with van der Waals surface area (Å²) < 4.78 is 10.5. The second-order valence-electron chi connectivity index (χ2n) is 6.26. The first-order valence-electron chi connectivity index (χ1n) is 9.03. The molecule has 0 spiro atoms. The molecule has 1 atom stereocenters. The van der Waals surface area contributed by atoms with Gasteiger partial charge in [0.05, 0.1) is 12.0 Å². The number of aryl methyl sites for hydroxylation is 1. The van der Waals surface area contributed by atoms with E-state index in [4.69, 9.17) is 14.9 Å². The van der Waals surface area contributed by atoms with Crippen LogP contribution >= 0.6 is 0 Å². The average molecular weight is 404 g/mol. The quantitative estimate of drug-likeness (QED) is 0.352. The molecule has 0 saturated carbocycles. The Hall–Kier alpha value is -3.56. The third kappa shape index (κ3) is 6.52. The van der Waals surface area contributed by atoms with Gasteiger partial charge in [0.1, 0.15) is 11.3 Å². The Morgan fingerprint density at radius 3 is 2.69 bits per heavy atom. The molecule has 2 aromatic rings.